The van der Waals surface area contributed by atoms with Crippen molar-refractivity contribution in [3.05, 3.63) is 57.6 Å². The molecule has 3 rings (SSSR count). The summed E-state index contributed by atoms with van der Waals surface area (Å²) in [5, 5.41) is 10.7. The fourth-order valence-electron chi connectivity index (χ4n) is 4.06. The zero-order valence-corrected chi connectivity index (χ0v) is 22.5. The number of carbonyl (C=O) groups is 1. The molecule has 1 heterocycles. The summed E-state index contributed by atoms with van der Waals surface area (Å²) in [6, 6.07) is 9.82. The zero-order chi connectivity index (χ0) is 25.9. The number of halogens is 2. The maximum Gasteiger partial charge on any atom is 0.258 e. The predicted molar refractivity (Wildman–Crippen MR) is 139 cm³/mol. The standard InChI is InChI=1S/C24H31Cl2N3O5S/c1-15-11-29(16(2)14-30)24(31)18-6-5-7-21(27-35(4,32)33)23(18)34-22(15)13-28(3)12-17-8-9-19(25)20(26)10-17/h5-10,15-16,22,27,30H,11-14H2,1-4H3/t15-,16-,22-/m0/s1. The summed E-state index contributed by atoms with van der Waals surface area (Å²) in [6.45, 7) is 4.99. The molecule has 0 unspecified atom stereocenters. The van der Waals surface area contributed by atoms with Crippen molar-refractivity contribution in [1.29, 1.82) is 0 Å². The minimum Gasteiger partial charge on any atom is -0.486 e. The van der Waals surface area contributed by atoms with E-state index < -0.39 is 16.1 Å². The molecule has 0 saturated heterocycles. The topological polar surface area (TPSA) is 99.2 Å². The Morgan fingerprint density at radius 2 is 1.97 bits per heavy atom. The van der Waals surface area contributed by atoms with Crippen LogP contribution >= 0.6 is 23.2 Å². The number of nitrogens with one attached hydrogen (secondary N) is 1. The summed E-state index contributed by atoms with van der Waals surface area (Å²) >= 11 is 12.2. The van der Waals surface area contributed by atoms with Crippen molar-refractivity contribution in [3.8, 4) is 5.75 Å². The third-order valence-electron chi connectivity index (χ3n) is 5.91. The molecule has 3 atom stereocenters. The van der Waals surface area contributed by atoms with Crippen LogP contribution in [0.2, 0.25) is 10.0 Å². The van der Waals surface area contributed by atoms with Crippen LogP contribution in [0.4, 0.5) is 5.69 Å². The Hall–Kier alpha value is -2.04. The summed E-state index contributed by atoms with van der Waals surface area (Å²) in [7, 11) is -1.67. The molecule has 0 saturated carbocycles. The summed E-state index contributed by atoms with van der Waals surface area (Å²) in [4.78, 5) is 17.1. The third-order valence-corrected chi connectivity index (χ3v) is 7.24. The Kier molecular flexibility index (Phi) is 8.93. The number of anilines is 1. The van der Waals surface area contributed by atoms with E-state index in [0.29, 0.717) is 29.7 Å². The van der Waals surface area contributed by atoms with E-state index in [0.717, 1.165) is 11.8 Å². The van der Waals surface area contributed by atoms with Crippen LogP contribution in [0.15, 0.2) is 36.4 Å². The van der Waals surface area contributed by atoms with Gasteiger partial charge in [0.15, 0.2) is 5.75 Å². The summed E-state index contributed by atoms with van der Waals surface area (Å²) in [5.74, 6) is -0.269. The van der Waals surface area contributed by atoms with Gasteiger partial charge in [0.1, 0.15) is 6.10 Å². The number of rotatable bonds is 8. The van der Waals surface area contributed by atoms with Crippen LogP contribution in [0.3, 0.4) is 0 Å². The molecule has 0 spiro atoms. The normalized spacial score (nSPS) is 19.5. The number of amides is 1. The van der Waals surface area contributed by atoms with Crippen LogP contribution in [0.1, 0.15) is 29.8 Å². The van der Waals surface area contributed by atoms with Gasteiger partial charge in [0, 0.05) is 25.6 Å². The minimum absolute atomic E-state index is 0.122. The first kappa shape index (κ1) is 27.5. The second-order valence-electron chi connectivity index (χ2n) is 9.12. The first-order valence-corrected chi connectivity index (χ1v) is 13.9. The fourth-order valence-corrected chi connectivity index (χ4v) is 4.94. The van der Waals surface area contributed by atoms with E-state index in [1.807, 2.05) is 26.1 Å². The average Bonchev–Trinajstić information content (AvgIpc) is 2.77. The molecule has 0 aliphatic carbocycles. The number of nitrogens with zero attached hydrogens (tertiary/aromatic N) is 2. The number of carbonyl (C=O) groups excluding carboxylic acids is 1. The molecule has 0 radical (unpaired) electrons. The van der Waals surface area contributed by atoms with Gasteiger partial charge >= 0.3 is 0 Å². The fraction of sp³-hybridized carbons (Fsp3) is 0.458. The van der Waals surface area contributed by atoms with E-state index in [1.165, 1.54) is 0 Å². The van der Waals surface area contributed by atoms with Crippen LogP contribution in [-0.4, -0.2) is 74.4 Å². The van der Waals surface area contributed by atoms with E-state index in [-0.39, 0.29) is 41.5 Å². The average molecular weight is 545 g/mol. The van der Waals surface area contributed by atoms with Crippen LogP contribution in [-0.2, 0) is 16.6 Å². The molecule has 0 aromatic heterocycles. The number of aliphatic hydroxyl groups is 1. The number of likely N-dealkylation sites (N-methyl/N-ethyl adjacent to an activating group) is 1. The van der Waals surface area contributed by atoms with Gasteiger partial charge in [0.2, 0.25) is 10.0 Å². The van der Waals surface area contributed by atoms with Crippen molar-refractivity contribution in [2.45, 2.75) is 32.5 Å². The van der Waals surface area contributed by atoms with Crippen LogP contribution in [0.25, 0.3) is 0 Å². The number of benzene rings is 2. The summed E-state index contributed by atoms with van der Waals surface area (Å²) in [6.07, 6.45) is 0.660. The van der Waals surface area contributed by atoms with Gasteiger partial charge in [0.05, 0.1) is 40.2 Å². The first-order chi connectivity index (χ1) is 16.4. The first-order valence-electron chi connectivity index (χ1n) is 11.2. The number of hydrogen-bond donors (Lipinski definition) is 2. The van der Waals surface area contributed by atoms with Crippen molar-refractivity contribution < 1.29 is 23.1 Å². The smallest absolute Gasteiger partial charge is 0.258 e. The lowest BCUT2D eigenvalue weighted by atomic mass is 9.99. The highest BCUT2D eigenvalue weighted by molar-refractivity contribution is 7.92. The van der Waals surface area contributed by atoms with Crippen molar-refractivity contribution >= 4 is 44.8 Å². The number of para-hydroxylation sites is 1. The number of ether oxygens (including phenoxy) is 1. The van der Waals surface area contributed by atoms with Crippen molar-refractivity contribution in [1.82, 2.24) is 9.80 Å². The van der Waals surface area contributed by atoms with Crippen molar-refractivity contribution in [2.24, 2.45) is 5.92 Å². The molecule has 1 aliphatic rings. The molecule has 192 valence electrons. The van der Waals surface area contributed by atoms with E-state index in [1.54, 1.807) is 36.1 Å². The quantitative estimate of drug-likeness (QED) is 0.526. The maximum absolute atomic E-state index is 13.4. The Morgan fingerprint density at radius 1 is 1.26 bits per heavy atom. The van der Waals surface area contributed by atoms with E-state index in [4.69, 9.17) is 27.9 Å². The highest BCUT2D eigenvalue weighted by Gasteiger charge is 2.34. The van der Waals surface area contributed by atoms with Gasteiger partial charge in [-0.25, -0.2) is 8.42 Å². The lowest BCUT2D eigenvalue weighted by Gasteiger charge is -2.38. The zero-order valence-electron chi connectivity index (χ0n) is 20.2. The Bertz CT molecular complexity index is 1180. The van der Waals surface area contributed by atoms with E-state index in [2.05, 4.69) is 9.62 Å². The summed E-state index contributed by atoms with van der Waals surface area (Å²) in [5.41, 5.74) is 1.41. The van der Waals surface area contributed by atoms with E-state index in [9.17, 15) is 18.3 Å². The van der Waals surface area contributed by atoms with Gasteiger partial charge in [-0.3, -0.25) is 14.4 Å². The molecule has 35 heavy (non-hydrogen) atoms. The second-order valence-corrected chi connectivity index (χ2v) is 11.7. The van der Waals surface area contributed by atoms with Gasteiger partial charge in [-0.05, 0) is 43.8 Å². The molecule has 1 aliphatic heterocycles. The Labute approximate surface area is 216 Å². The molecular weight excluding hydrogens is 513 g/mol. The van der Waals surface area contributed by atoms with Crippen LogP contribution < -0.4 is 9.46 Å². The van der Waals surface area contributed by atoms with Gasteiger partial charge in [-0.2, -0.15) is 0 Å². The Morgan fingerprint density at radius 3 is 2.60 bits per heavy atom. The third kappa shape index (κ3) is 7.01. The van der Waals surface area contributed by atoms with Gasteiger partial charge in [0.25, 0.3) is 5.91 Å². The monoisotopic (exact) mass is 543 g/mol. The number of hydrogen-bond acceptors (Lipinski definition) is 6. The molecule has 0 bridgehead atoms. The molecule has 1 amide bonds. The van der Waals surface area contributed by atoms with Crippen molar-refractivity contribution in [3.63, 3.8) is 0 Å². The molecule has 11 heteroatoms. The van der Waals surface area contributed by atoms with E-state index >= 15 is 0 Å². The van der Waals surface area contributed by atoms with Gasteiger partial charge < -0.3 is 14.7 Å². The molecule has 2 N–H and O–H groups in total. The van der Waals surface area contributed by atoms with Crippen molar-refractivity contribution in [2.75, 3.05) is 37.7 Å². The SMILES string of the molecule is C[C@H]1CN([C@@H](C)CO)C(=O)c2cccc(NS(C)(=O)=O)c2O[C@H]1CN(C)Cc1ccc(Cl)c(Cl)c1. The number of sulfonamides is 1. The van der Waals surface area contributed by atoms with Gasteiger partial charge in [-0.15, -0.1) is 0 Å². The predicted octanol–water partition coefficient (Wildman–Crippen LogP) is 3.72. The lowest BCUT2D eigenvalue weighted by molar-refractivity contribution is 0.0344. The second kappa shape index (κ2) is 11.3. The largest absolute Gasteiger partial charge is 0.486 e. The van der Waals surface area contributed by atoms with Crippen LogP contribution in [0.5, 0.6) is 5.75 Å². The van der Waals surface area contributed by atoms with Crippen LogP contribution in [0, 0.1) is 5.92 Å². The highest BCUT2D eigenvalue weighted by Crippen LogP contribution is 2.35. The lowest BCUT2D eigenvalue weighted by Crippen LogP contribution is -2.49. The van der Waals surface area contributed by atoms with Gasteiger partial charge in [-0.1, -0.05) is 42.3 Å². The molecule has 2 aromatic rings. The summed E-state index contributed by atoms with van der Waals surface area (Å²) < 4.78 is 32.8. The molecular formula is C24H31Cl2N3O5S. The number of aliphatic hydroxyl groups excluding tert-OH is 1. The minimum atomic E-state index is -3.61. The molecule has 2 aromatic carbocycles. The molecule has 8 nitrogen and oxygen atoms in total. The number of fused-ring (bicyclic) bond motifs is 1. The highest BCUT2D eigenvalue weighted by atomic mass is 35.5. The Balaban J connectivity index is 1.96. The maximum atomic E-state index is 13.4. The molecule has 0 fully saturated rings.